The molecule has 0 spiro atoms. The summed E-state index contributed by atoms with van der Waals surface area (Å²) in [5.74, 6) is -0.142. The van der Waals surface area contributed by atoms with E-state index in [4.69, 9.17) is 11.6 Å². The Morgan fingerprint density at radius 2 is 1.80 bits per heavy atom. The number of nitrogens with zero attached hydrogens (tertiary/aromatic N) is 3. The van der Waals surface area contributed by atoms with Crippen LogP contribution < -0.4 is 10.4 Å². The van der Waals surface area contributed by atoms with Gasteiger partial charge >= 0.3 is 0 Å². The van der Waals surface area contributed by atoms with Crippen LogP contribution in [0.2, 0.25) is 5.02 Å². The molecule has 1 fully saturated rings. The number of carbonyl (C=O) groups is 2. The first-order valence-corrected chi connectivity index (χ1v) is 10.5. The summed E-state index contributed by atoms with van der Waals surface area (Å²) >= 11 is 5.95. The zero-order valence-corrected chi connectivity index (χ0v) is 17.7. The van der Waals surface area contributed by atoms with Gasteiger partial charge in [0, 0.05) is 44.2 Å². The number of hydrogen-bond acceptors (Lipinski definition) is 4. The first kappa shape index (κ1) is 20.4. The Morgan fingerprint density at radius 3 is 2.50 bits per heavy atom. The molecule has 7 heteroatoms. The van der Waals surface area contributed by atoms with Crippen molar-refractivity contribution in [2.75, 3.05) is 31.2 Å². The van der Waals surface area contributed by atoms with E-state index in [2.05, 4.69) is 10.3 Å². The summed E-state index contributed by atoms with van der Waals surface area (Å²) in [6, 6.07) is 15.5. The van der Waals surface area contributed by atoms with Gasteiger partial charge in [-0.05, 0) is 48.4 Å². The number of hydrazine groups is 1. The fraction of sp³-hybridized carbons (Fsp3) is 0.304. The SMILES string of the molecule is Cc1cccc(N2NC(C(=O)N3CCN(Cc4ccc(Cl)cc4)CC3)=CCC2=O)c1. The van der Waals surface area contributed by atoms with E-state index in [-0.39, 0.29) is 18.2 Å². The second kappa shape index (κ2) is 8.90. The summed E-state index contributed by atoms with van der Waals surface area (Å²) in [5, 5.41) is 2.21. The van der Waals surface area contributed by atoms with Crippen molar-refractivity contribution in [2.45, 2.75) is 19.9 Å². The Balaban J connectivity index is 1.35. The molecule has 0 radical (unpaired) electrons. The number of nitrogens with one attached hydrogen (secondary N) is 1. The lowest BCUT2D eigenvalue weighted by atomic mass is 10.1. The minimum atomic E-state index is -0.0788. The molecular formula is C23H25ClN4O2. The first-order valence-electron chi connectivity index (χ1n) is 10.1. The van der Waals surface area contributed by atoms with Crippen LogP contribution in [0.15, 0.2) is 60.3 Å². The zero-order chi connectivity index (χ0) is 21.1. The first-order chi connectivity index (χ1) is 14.5. The Bertz CT molecular complexity index is 965. The molecule has 2 heterocycles. The number of halogens is 1. The lowest BCUT2D eigenvalue weighted by molar-refractivity contribution is -0.129. The van der Waals surface area contributed by atoms with Crippen molar-refractivity contribution >= 4 is 29.1 Å². The fourth-order valence-corrected chi connectivity index (χ4v) is 3.87. The Morgan fingerprint density at radius 1 is 1.07 bits per heavy atom. The van der Waals surface area contributed by atoms with E-state index in [0.717, 1.165) is 35.9 Å². The van der Waals surface area contributed by atoms with E-state index in [1.54, 1.807) is 6.08 Å². The lowest BCUT2D eigenvalue weighted by Gasteiger charge is -2.36. The topological polar surface area (TPSA) is 55.9 Å². The van der Waals surface area contributed by atoms with E-state index in [1.807, 2.05) is 60.4 Å². The van der Waals surface area contributed by atoms with Crippen LogP contribution in [0, 0.1) is 6.92 Å². The largest absolute Gasteiger partial charge is 0.335 e. The second-order valence-electron chi connectivity index (χ2n) is 7.70. The van der Waals surface area contributed by atoms with Crippen molar-refractivity contribution in [3.8, 4) is 0 Å². The van der Waals surface area contributed by atoms with Gasteiger partial charge in [0.25, 0.3) is 5.91 Å². The number of carbonyl (C=O) groups excluding carboxylic acids is 2. The highest BCUT2D eigenvalue weighted by Gasteiger charge is 2.29. The third-order valence-electron chi connectivity index (χ3n) is 5.43. The van der Waals surface area contributed by atoms with Gasteiger partial charge in [-0.15, -0.1) is 0 Å². The average Bonchev–Trinajstić information content (AvgIpc) is 2.76. The molecule has 0 aliphatic carbocycles. The summed E-state index contributed by atoms with van der Waals surface area (Å²) < 4.78 is 0. The van der Waals surface area contributed by atoms with Crippen LogP contribution in [0.5, 0.6) is 0 Å². The van der Waals surface area contributed by atoms with E-state index in [1.165, 1.54) is 10.6 Å². The van der Waals surface area contributed by atoms with Gasteiger partial charge in [-0.3, -0.25) is 19.9 Å². The minimum Gasteiger partial charge on any atom is -0.335 e. The van der Waals surface area contributed by atoms with Crippen molar-refractivity contribution in [1.82, 2.24) is 15.2 Å². The molecule has 6 nitrogen and oxygen atoms in total. The summed E-state index contributed by atoms with van der Waals surface area (Å²) in [7, 11) is 0. The zero-order valence-electron chi connectivity index (χ0n) is 17.0. The number of piperazine rings is 1. The quantitative estimate of drug-likeness (QED) is 0.819. The van der Waals surface area contributed by atoms with E-state index < -0.39 is 0 Å². The van der Waals surface area contributed by atoms with Gasteiger partial charge in [-0.25, -0.2) is 5.01 Å². The van der Waals surface area contributed by atoms with Crippen molar-refractivity contribution in [2.24, 2.45) is 0 Å². The number of aryl methyl sites for hydroxylation is 1. The predicted octanol–water partition coefficient (Wildman–Crippen LogP) is 3.12. The average molecular weight is 425 g/mol. The molecule has 1 saturated heterocycles. The van der Waals surface area contributed by atoms with Crippen molar-refractivity contribution in [3.63, 3.8) is 0 Å². The maximum atomic E-state index is 13.0. The molecular weight excluding hydrogens is 400 g/mol. The molecule has 4 rings (SSSR count). The molecule has 0 atom stereocenters. The smallest absolute Gasteiger partial charge is 0.271 e. The number of hydrogen-bond donors (Lipinski definition) is 1. The predicted molar refractivity (Wildman–Crippen MR) is 118 cm³/mol. The van der Waals surface area contributed by atoms with E-state index in [0.29, 0.717) is 18.8 Å². The van der Waals surface area contributed by atoms with Crippen LogP contribution in [0.4, 0.5) is 5.69 Å². The monoisotopic (exact) mass is 424 g/mol. The van der Waals surface area contributed by atoms with Gasteiger partial charge in [0.1, 0.15) is 5.70 Å². The van der Waals surface area contributed by atoms with Gasteiger partial charge in [0.2, 0.25) is 5.91 Å². The van der Waals surface area contributed by atoms with Crippen LogP contribution in [0.3, 0.4) is 0 Å². The van der Waals surface area contributed by atoms with Crippen molar-refractivity contribution in [3.05, 3.63) is 76.5 Å². The maximum absolute atomic E-state index is 13.0. The van der Waals surface area contributed by atoms with Gasteiger partial charge in [-0.1, -0.05) is 35.9 Å². The number of rotatable bonds is 4. The molecule has 156 valence electrons. The highest BCUT2D eigenvalue weighted by atomic mass is 35.5. The highest BCUT2D eigenvalue weighted by molar-refractivity contribution is 6.30. The minimum absolute atomic E-state index is 0.0636. The van der Waals surface area contributed by atoms with E-state index >= 15 is 0 Å². The molecule has 2 amide bonds. The molecule has 2 aliphatic heterocycles. The van der Waals surface area contributed by atoms with Gasteiger partial charge < -0.3 is 4.90 Å². The molecule has 0 aromatic heterocycles. The molecule has 0 saturated carbocycles. The molecule has 2 aromatic rings. The number of anilines is 1. The maximum Gasteiger partial charge on any atom is 0.271 e. The highest BCUT2D eigenvalue weighted by Crippen LogP contribution is 2.20. The van der Waals surface area contributed by atoms with E-state index in [9.17, 15) is 9.59 Å². The third kappa shape index (κ3) is 4.66. The molecule has 0 bridgehead atoms. The van der Waals surface area contributed by atoms with Gasteiger partial charge in [-0.2, -0.15) is 0 Å². The summed E-state index contributed by atoms with van der Waals surface area (Å²) in [6.07, 6.45) is 1.90. The third-order valence-corrected chi connectivity index (χ3v) is 5.68. The fourth-order valence-electron chi connectivity index (χ4n) is 3.75. The summed E-state index contributed by atoms with van der Waals surface area (Å²) in [6.45, 7) is 5.75. The Labute approximate surface area is 181 Å². The van der Waals surface area contributed by atoms with Gasteiger partial charge in [0.05, 0.1) is 5.69 Å². The lowest BCUT2D eigenvalue weighted by Crippen LogP contribution is -2.53. The van der Waals surface area contributed by atoms with Crippen LogP contribution >= 0.6 is 11.6 Å². The van der Waals surface area contributed by atoms with Crippen molar-refractivity contribution < 1.29 is 9.59 Å². The summed E-state index contributed by atoms with van der Waals surface area (Å²) in [4.78, 5) is 29.6. The van der Waals surface area contributed by atoms with Crippen molar-refractivity contribution in [1.29, 1.82) is 0 Å². The molecule has 1 N–H and O–H groups in total. The Kier molecular flexibility index (Phi) is 6.06. The molecule has 30 heavy (non-hydrogen) atoms. The molecule has 2 aliphatic rings. The molecule has 0 unspecified atom stereocenters. The number of benzene rings is 2. The van der Waals surface area contributed by atoms with Crippen LogP contribution in [0.25, 0.3) is 0 Å². The normalized spacial score (nSPS) is 17.5. The number of amides is 2. The second-order valence-corrected chi connectivity index (χ2v) is 8.13. The summed E-state index contributed by atoms with van der Waals surface area (Å²) in [5.41, 5.74) is 6.50. The molecule has 2 aromatic carbocycles. The Hall–Kier alpha value is -2.83. The standard InChI is InChI=1S/C23H25ClN4O2/c1-17-3-2-4-20(15-17)28-22(29)10-9-21(25-28)23(30)27-13-11-26(12-14-27)16-18-5-7-19(24)8-6-18/h2-9,15,25H,10-14,16H2,1H3. The van der Waals surface area contributed by atoms with Crippen LogP contribution in [0.1, 0.15) is 17.5 Å². The van der Waals surface area contributed by atoms with Crippen LogP contribution in [-0.2, 0) is 16.1 Å². The van der Waals surface area contributed by atoms with Crippen LogP contribution in [-0.4, -0.2) is 47.8 Å². The van der Waals surface area contributed by atoms with Gasteiger partial charge in [0.15, 0.2) is 0 Å².